The van der Waals surface area contributed by atoms with Crippen molar-refractivity contribution in [3.8, 4) is 44.5 Å². The summed E-state index contributed by atoms with van der Waals surface area (Å²) in [6, 6.07) is 101. The summed E-state index contributed by atoms with van der Waals surface area (Å²) in [5.74, 6) is 0. The molecule has 17 aromatic rings. The minimum Gasteiger partial charge on any atom is -0.0616 e. The molecule has 0 aliphatic carbocycles. The highest BCUT2D eigenvalue weighted by Gasteiger charge is 2.22. The monoisotopic (exact) mass is 956 g/mol. The summed E-state index contributed by atoms with van der Waals surface area (Å²) >= 11 is 0. The van der Waals surface area contributed by atoms with Gasteiger partial charge in [-0.05, 0) is 247 Å². The quantitative estimate of drug-likeness (QED) is 0.122. The highest BCUT2D eigenvalue weighted by molar-refractivity contribution is 6.36. The lowest BCUT2D eigenvalue weighted by Crippen LogP contribution is -1.94. The minimum absolute atomic E-state index is 1.22. The predicted octanol–water partition coefficient (Wildman–Crippen LogP) is 21.6. The van der Waals surface area contributed by atoms with Gasteiger partial charge in [0.15, 0.2) is 0 Å². The summed E-state index contributed by atoms with van der Waals surface area (Å²) in [6.45, 7) is 0. The molecule has 76 heavy (non-hydrogen) atoms. The maximum absolute atomic E-state index is 2.53. The average molecular weight is 957 g/mol. The molecular weight excluding hydrogens is 913 g/mol. The summed E-state index contributed by atoms with van der Waals surface area (Å²) in [5, 5.41) is 30.3. The minimum atomic E-state index is 1.22. The maximum atomic E-state index is 2.53. The van der Waals surface area contributed by atoms with Crippen molar-refractivity contribution < 1.29 is 0 Å². The van der Waals surface area contributed by atoms with Gasteiger partial charge in [0.2, 0.25) is 0 Å². The molecule has 0 aliphatic heterocycles. The van der Waals surface area contributed by atoms with Crippen molar-refractivity contribution >= 4 is 129 Å². The molecule has 0 amide bonds. The first kappa shape index (κ1) is 41.6. The molecule has 0 unspecified atom stereocenters. The summed E-state index contributed by atoms with van der Waals surface area (Å²) in [5.41, 5.74) is 9.84. The Kier molecular flexibility index (Phi) is 8.65. The van der Waals surface area contributed by atoms with Gasteiger partial charge in [-0.25, -0.2) is 0 Å². The second-order valence-corrected chi connectivity index (χ2v) is 21.1. The SMILES string of the molecule is c1ccc2c(c1)cc(-c1cc3cc(-c4cc5ccccc5c5ccccc45)cc4c5cc(-c6cc7ccccc7c7ccccc67)cc6cc(-c7cc8ccccc8c8ccccc78)cc(c(c1)c34)c65)c1ccccc12. The third kappa shape index (κ3) is 6.01. The molecule has 0 saturated heterocycles. The van der Waals surface area contributed by atoms with Crippen LogP contribution in [0.4, 0.5) is 0 Å². The molecule has 0 aromatic heterocycles. The molecule has 0 spiro atoms. The molecule has 0 heterocycles. The van der Waals surface area contributed by atoms with Crippen molar-refractivity contribution in [2.45, 2.75) is 0 Å². The lowest BCUT2D eigenvalue weighted by Gasteiger charge is -2.21. The predicted molar refractivity (Wildman–Crippen MR) is 329 cm³/mol. The van der Waals surface area contributed by atoms with Gasteiger partial charge in [0.1, 0.15) is 0 Å². The number of fused-ring (bicyclic) bond motifs is 14. The molecule has 0 bridgehead atoms. The molecular formula is C76H44. The van der Waals surface area contributed by atoms with Gasteiger partial charge in [-0.15, -0.1) is 0 Å². The molecule has 0 saturated carbocycles. The Morgan fingerprint density at radius 3 is 0.566 bits per heavy atom. The smallest absolute Gasteiger partial charge is 0.00255 e. The van der Waals surface area contributed by atoms with Gasteiger partial charge in [0.05, 0.1) is 0 Å². The van der Waals surface area contributed by atoms with Crippen molar-refractivity contribution in [1.82, 2.24) is 0 Å². The lowest BCUT2D eigenvalue weighted by molar-refractivity contribution is 1.69. The van der Waals surface area contributed by atoms with Crippen LogP contribution in [0.5, 0.6) is 0 Å². The number of hydrogen-bond acceptors (Lipinski definition) is 0. The standard InChI is InChI=1S/C76H44/c1-5-21-55-45(17-1)37-67(63-29-13-9-25-59(55)63)49-33-53-34-50(68-38-46-18-2-6-22-56(46)60-26-10-14-30-64(60)68)43-73-74-44-52(70-40-48-20-4-8-24-58(48)62-28-12-16-32-66(62)70)36-54-35-51(42-72(76(54)74)71(41-49)75(53)73)69-39-47-19-3-7-23-57(47)61-27-11-15-31-65(61)69/h1-44H. The number of hydrogen-bond donors (Lipinski definition) is 0. The van der Waals surface area contributed by atoms with Gasteiger partial charge < -0.3 is 0 Å². The largest absolute Gasteiger partial charge is 0.0616 e. The maximum Gasteiger partial charge on any atom is -0.00255 e. The van der Waals surface area contributed by atoms with Crippen molar-refractivity contribution in [2.24, 2.45) is 0 Å². The first-order valence-corrected chi connectivity index (χ1v) is 26.5. The Bertz CT molecular complexity index is 4680. The summed E-state index contributed by atoms with van der Waals surface area (Å²) in [6.07, 6.45) is 0. The van der Waals surface area contributed by atoms with E-state index < -0.39 is 0 Å². The molecule has 348 valence electrons. The molecule has 0 radical (unpaired) electrons. The van der Waals surface area contributed by atoms with Crippen LogP contribution >= 0.6 is 0 Å². The van der Waals surface area contributed by atoms with E-state index in [0.29, 0.717) is 0 Å². The molecule has 0 N–H and O–H groups in total. The van der Waals surface area contributed by atoms with Crippen LogP contribution in [0.1, 0.15) is 0 Å². The van der Waals surface area contributed by atoms with Crippen LogP contribution in [0.3, 0.4) is 0 Å². The van der Waals surface area contributed by atoms with Gasteiger partial charge in [-0.3, -0.25) is 0 Å². The van der Waals surface area contributed by atoms with E-state index in [0.717, 1.165) is 0 Å². The van der Waals surface area contributed by atoms with Gasteiger partial charge >= 0.3 is 0 Å². The van der Waals surface area contributed by atoms with Gasteiger partial charge in [-0.2, -0.15) is 0 Å². The zero-order chi connectivity index (χ0) is 49.6. The Hall–Kier alpha value is -9.88. The van der Waals surface area contributed by atoms with Crippen molar-refractivity contribution in [1.29, 1.82) is 0 Å². The van der Waals surface area contributed by atoms with E-state index in [4.69, 9.17) is 0 Å². The normalized spacial score (nSPS) is 12.2. The third-order valence-corrected chi connectivity index (χ3v) is 17.0. The number of benzene rings is 17. The first-order chi connectivity index (χ1) is 37.7. The van der Waals surface area contributed by atoms with Gasteiger partial charge in [0, 0.05) is 0 Å². The van der Waals surface area contributed by atoms with Crippen LogP contribution in [-0.2, 0) is 0 Å². The van der Waals surface area contributed by atoms with Crippen LogP contribution < -0.4 is 0 Å². The zero-order valence-corrected chi connectivity index (χ0v) is 41.4. The molecule has 0 nitrogen and oxygen atoms in total. The molecule has 0 fully saturated rings. The second-order valence-electron chi connectivity index (χ2n) is 21.1. The van der Waals surface area contributed by atoms with E-state index in [2.05, 4.69) is 267 Å². The fourth-order valence-electron chi connectivity index (χ4n) is 13.7. The molecule has 0 aliphatic rings. The van der Waals surface area contributed by atoms with Crippen LogP contribution in [-0.4, -0.2) is 0 Å². The fourth-order valence-corrected chi connectivity index (χ4v) is 13.7. The Labute approximate surface area is 438 Å². The van der Waals surface area contributed by atoms with E-state index in [1.165, 1.54) is 174 Å². The molecule has 17 aromatic carbocycles. The van der Waals surface area contributed by atoms with Crippen molar-refractivity contribution in [2.75, 3.05) is 0 Å². The van der Waals surface area contributed by atoms with Crippen LogP contribution in [0.25, 0.3) is 174 Å². The fraction of sp³-hybridized carbons (Fsp3) is 0. The van der Waals surface area contributed by atoms with Crippen molar-refractivity contribution in [3.05, 3.63) is 267 Å². The molecule has 0 atom stereocenters. The lowest BCUT2D eigenvalue weighted by atomic mass is 9.82. The highest BCUT2D eigenvalue weighted by Crippen LogP contribution is 2.50. The first-order valence-electron chi connectivity index (χ1n) is 26.5. The Morgan fingerprint density at radius 2 is 0.329 bits per heavy atom. The van der Waals surface area contributed by atoms with E-state index in [1.807, 2.05) is 0 Å². The van der Waals surface area contributed by atoms with Crippen LogP contribution in [0.2, 0.25) is 0 Å². The van der Waals surface area contributed by atoms with Crippen molar-refractivity contribution in [3.63, 3.8) is 0 Å². The van der Waals surface area contributed by atoms with E-state index in [9.17, 15) is 0 Å². The Balaban J connectivity index is 1.07. The third-order valence-electron chi connectivity index (χ3n) is 17.0. The summed E-state index contributed by atoms with van der Waals surface area (Å²) in [4.78, 5) is 0. The van der Waals surface area contributed by atoms with E-state index in [-0.39, 0.29) is 0 Å². The average Bonchev–Trinajstić information content (AvgIpc) is 3.59. The van der Waals surface area contributed by atoms with Gasteiger partial charge in [0.25, 0.3) is 0 Å². The topological polar surface area (TPSA) is 0 Å². The highest BCUT2D eigenvalue weighted by atomic mass is 14.3. The second kappa shape index (κ2) is 15.8. The van der Waals surface area contributed by atoms with Gasteiger partial charge in [-0.1, -0.05) is 194 Å². The zero-order valence-electron chi connectivity index (χ0n) is 41.4. The van der Waals surface area contributed by atoms with Crippen LogP contribution in [0.15, 0.2) is 267 Å². The van der Waals surface area contributed by atoms with Crippen LogP contribution in [0, 0.1) is 0 Å². The summed E-state index contributed by atoms with van der Waals surface area (Å²) < 4.78 is 0. The summed E-state index contributed by atoms with van der Waals surface area (Å²) in [7, 11) is 0. The molecule has 0 heteroatoms. The molecule has 17 rings (SSSR count). The van der Waals surface area contributed by atoms with E-state index in [1.54, 1.807) is 0 Å². The Morgan fingerprint density at radius 1 is 0.132 bits per heavy atom. The number of rotatable bonds is 4. The van der Waals surface area contributed by atoms with E-state index >= 15 is 0 Å².